The largest absolute Gasteiger partial charge is 0.471 e. The Hall–Kier alpha value is -3.68. The number of rotatable bonds is 3. The van der Waals surface area contributed by atoms with Gasteiger partial charge in [0.2, 0.25) is 5.82 Å². The first-order valence-electron chi connectivity index (χ1n) is 8.05. The van der Waals surface area contributed by atoms with E-state index in [0.717, 1.165) is 0 Å². The van der Waals surface area contributed by atoms with E-state index in [-0.39, 0.29) is 27.6 Å². The van der Waals surface area contributed by atoms with E-state index >= 15 is 0 Å². The topological polar surface area (TPSA) is 128 Å². The fraction of sp³-hybridized carbons (Fsp3) is 0.125. The predicted octanol–water partition coefficient (Wildman–Crippen LogP) is 2.49. The molecule has 0 aliphatic heterocycles. The van der Waals surface area contributed by atoms with Crippen LogP contribution in [0.3, 0.4) is 0 Å². The van der Waals surface area contributed by atoms with Crippen molar-refractivity contribution in [2.24, 2.45) is 4.36 Å². The normalized spacial score (nSPS) is 13.9. The molecule has 154 valence electrons. The van der Waals surface area contributed by atoms with Crippen LogP contribution in [-0.2, 0) is 15.9 Å². The number of fused-ring (bicyclic) bond motifs is 1. The third-order valence-electron chi connectivity index (χ3n) is 3.84. The van der Waals surface area contributed by atoms with Crippen LogP contribution >= 0.6 is 0 Å². The van der Waals surface area contributed by atoms with E-state index in [9.17, 15) is 22.2 Å². The van der Waals surface area contributed by atoms with Crippen LogP contribution in [0, 0.1) is 0 Å². The minimum absolute atomic E-state index is 0.109. The predicted molar refractivity (Wildman–Crippen MR) is 94.6 cm³/mol. The Balaban J connectivity index is 1.67. The van der Waals surface area contributed by atoms with Crippen molar-refractivity contribution in [2.75, 3.05) is 6.26 Å². The maximum atomic E-state index is 12.7. The van der Waals surface area contributed by atoms with Gasteiger partial charge < -0.3 is 8.92 Å². The lowest BCUT2D eigenvalue weighted by Crippen LogP contribution is -2.05. The number of halogens is 3. The Morgan fingerprint density at radius 3 is 2.63 bits per heavy atom. The average Bonchev–Trinajstić information content (AvgIpc) is 3.35. The van der Waals surface area contributed by atoms with E-state index in [1.54, 1.807) is 0 Å². The maximum Gasteiger partial charge on any atom is 0.471 e. The zero-order valence-electron chi connectivity index (χ0n) is 14.9. The molecule has 0 fully saturated rings. The second-order valence-electron chi connectivity index (χ2n) is 6.00. The van der Waals surface area contributed by atoms with E-state index in [1.165, 1.54) is 53.9 Å². The first-order valence-corrected chi connectivity index (χ1v) is 9.97. The quantitative estimate of drug-likeness (QED) is 0.478. The summed E-state index contributed by atoms with van der Waals surface area (Å²) in [6, 6.07) is 2.80. The summed E-state index contributed by atoms with van der Waals surface area (Å²) in [7, 11) is -3.10. The van der Waals surface area contributed by atoms with E-state index in [4.69, 9.17) is 0 Å². The van der Waals surface area contributed by atoms with Crippen LogP contribution in [0.1, 0.15) is 16.4 Å². The molecule has 0 aliphatic carbocycles. The number of hydrogen-bond donors (Lipinski definition) is 0. The van der Waals surface area contributed by atoms with Crippen LogP contribution in [0.15, 0.2) is 57.0 Å². The van der Waals surface area contributed by atoms with Crippen LogP contribution in [0.2, 0.25) is 0 Å². The van der Waals surface area contributed by atoms with Crippen LogP contribution in [0.4, 0.5) is 13.2 Å². The molecule has 4 rings (SSSR count). The smallest absolute Gasteiger partial charge is 0.329 e. The molecule has 0 saturated heterocycles. The van der Waals surface area contributed by atoms with Crippen molar-refractivity contribution in [1.29, 1.82) is 0 Å². The molecule has 10 nitrogen and oxygen atoms in total. The summed E-state index contributed by atoms with van der Waals surface area (Å²) in [5, 5.41) is 3.31. The molecule has 4 aromatic heterocycles. The molecule has 4 heterocycles. The third-order valence-corrected chi connectivity index (χ3v) is 5.44. The van der Waals surface area contributed by atoms with Gasteiger partial charge >= 0.3 is 18.0 Å². The Labute approximate surface area is 166 Å². The summed E-state index contributed by atoms with van der Waals surface area (Å²) in [6.45, 7) is 0. The summed E-state index contributed by atoms with van der Waals surface area (Å²) >= 11 is 0. The minimum atomic E-state index is -4.76. The van der Waals surface area contributed by atoms with Gasteiger partial charge in [0.15, 0.2) is 0 Å². The van der Waals surface area contributed by atoms with Crippen molar-refractivity contribution < 1.29 is 26.7 Å². The molecule has 0 N–H and O–H groups in total. The highest BCUT2D eigenvalue weighted by Gasteiger charge is 2.38. The van der Waals surface area contributed by atoms with Crippen molar-refractivity contribution in [3.63, 3.8) is 0 Å². The second kappa shape index (κ2) is 6.98. The van der Waals surface area contributed by atoms with Gasteiger partial charge in [0.1, 0.15) is 17.7 Å². The fourth-order valence-corrected chi connectivity index (χ4v) is 3.45. The number of alkyl halides is 3. The number of imidazole rings is 1. The lowest BCUT2D eigenvalue weighted by Gasteiger charge is -2.00. The van der Waals surface area contributed by atoms with Crippen molar-refractivity contribution in [3.05, 3.63) is 54.8 Å². The lowest BCUT2D eigenvalue weighted by atomic mass is 10.2. The van der Waals surface area contributed by atoms with Crippen molar-refractivity contribution in [1.82, 2.24) is 29.5 Å². The molecule has 0 spiro atoms. The molecule has 0 saturated carbocycles. The monoisotopic (exact) mass is 437 g/mol. The molecule has 0 bridgehead atoms. The van der Waals surface area contributed by atoms with Gasteiger partial charge in [-0.3, -0.25) is 4.79 Å². The highest BCUT2D eigenvalue weighted by molar-refractivity contribution is 7.93. The second-order valence-corrected chi connectivity index (χ2v) is 8.26. The van der Waals surface area contributed by atoms with Gasteiger partial charge in [-0.05, 0) is 12.1 Å². The number of carbonyl (C=O) groups is 1. The first-order chi connectivity index (χ1) is 14.1. The Morgan fingerprint density at radius 1 is 1.23 bits per heavy atom. The fourth-order valence-electron chi connectivity index (χ4n) is 2.42. The van der Waals surface area contributed by atoms with E-state index in [1.807, 2.05) is 0 Å². The summed E-state index contributed by atoms with van der Waals surface area (Å²) in [5.74, 6) is -2.60. The van der Waals surface area contributed by atoms with E-state index in [2.05, 4.69) is 34.0 Å². The van der Waals surface area contributed by atoms with Crippen molar-refractivity contribution in [3.8, 4) is 11.4 Å². The van der Waals surface area contributed by atoms with Gasteiger partial charge in [-0.2, -0.15) is 22.5 Å². The maximum absolute atomic E-state index is 12.7. The highest BCUT2D eigenvalue weighted by atomic mass is 32.2. The molecule has 0 radical (unpaired) electrons. The number of aromatic nitrogens is 6. The molecular weight excluding hydrogens is 427 g/mol. The SMILES string of the molecule is CS(=O)(=NC(=O)c1cn2ccc(-c3noc(C(F)(F)F)n3)cc2n1)c1cncnc1. The van der Waals surface area contributed by atoms with Crippen molar-refractivity contribution in [2.45, 2.75) is 11.1 Å². The molecule has 14 heteroatoms. The van der Waals surface area contributed by atoms with Gasteiger partial charge in [0.25, 0.3) is 0 Å². The van der Waals surface area contributed by atoms with Crippen LogP contribution in [-0.4, -0.2) is 45.9 Å². The highest BCUT2D eigenvalue weighted by Crippen LogP contribution is 2.29. The molecular formula is C16H10F3N7O3S. The van der Waals surface area contributed by atoms with Gasteiger partial charge in [-0.1, -0.05) is 5.16 Å². The number of amides is 1. The zero-order valence-corrected chi connectivity index (χ0v) is 15.8. The first kappa shape index (κ1) is 19.6. The van der Waals surface area contributed by atoms with Crippen molar-refractivity contribution >= 4 is 21.3 Å². The minimum Gasteiger partial charge on any atom is -0.329 e. The number of hydrogen-bond acceptors (Lipinski definition) is 8. The number of pyridine rings is 1. The zero-order chi connectivity index (χ0) is 21.5. The summed E-state index contributed by atoms with van der Waals surface area (Å²) < 4.78 is 60.0. The summed E-state index contributed by atoms with van der Waals surface area (Å²) in [5.41, 5.74) is 0.307. The van der Waals surface area contributed by atoms with Crippen LogP contribution in [0.5, 0.6) is 0 Å². The summed E-state index contributed by atoms with van der Waals surface area (Å²) in [6.07, 6.45) is 3.14. The molecule has 4 aromatic rings. The Morgan fingerprint density at radius 2 is 1.97 bits per heavy atom. The molecule has 30 heavy (non-hydrogen) atoms. The van der Waals surface area contributed by atoms with Crippen LogP contribution in [0.25, 0.3) is 17.0 Å². The third kappa shape index (κ3) is 3.76. The molecule has 1 atom stereocenters. The Kier molecular flexibility index (Phi) is 4.57. The summed E-state index contributed by atoms with van der Waals surface area (Å²) in [4.78, 5) is 27.5. The lowest BCUT2D eigenvalue weighted by molar-refractivity contribution is -0.159. The Bertz CT molecular complexity index is 1370. The van der Waals surface area contributed by atoms with Gasteiger partial charge in [0.05, 0.1) is 14.6 Å². The molecule has 0 aliphatic rings. The van der Waals surface area contributed by atoms with Gasteiger partial charge in [-0.15, -0.1) is 0 Å². The van der Waals surface area contributed by atoms with E-state index in [0.29, 0.717) is 0 Å². The standard InChI is InChI=1S/C16H10F3N7O3S/c1-30(28,10-5-20-8-21-6-10)25-14(27)11-7-26-3-2-9(4-12(26)22-11)13-23-15(29-24-13)16(17,18)19/h2-8H,1H3. The van der Waals surface area contributed by atoms with Gasteiger partial charge in [-0.25, -0.2) is 19.2 Å². The van der Waals surface area contributed by atoms with Gasteiger partial charge in [0, 0.05) is 36.6 Å². The molecule has 1 amide bonds. The molecule has 1 unspecified atom stereocenters. The molecule has 0 aromatic carbocycles. The average molecular weight is 437 g/mol. The van der Waals surface area contributed by atoms with Crippen LogP contribution < -0.4 is 0 Å². The number of carbonyl (C=O) groups excluding carboxylic acids is 1. The van der Waals surface area contributed by atoms with E-state index < -0.39 is 27.7 Å². The number of nitrogens with zero attached hydrogens (tertiary/aromatic N) is 7.